The van der Waals surface area contributed by atoms with Gasteiger partial charge in [0.05, 0.1) is 12.7 Å². The molecule has 1 heterocycles. The highest BCUT2D eigenvalue weighted by molar-refractivity contribution is 5.17. The van der Waals surface area contributed by atoms with Gasteiger partial charge in [0.25, 0.3) is 0 Å². The van der Waals surface area contributed by atoms with Gasteiger partial charge in [0.15, 0.2) is 0 Å². The zero-order valence-corrected chi connectivity index (χ0v) is 9.33. The second-order valence-electron chi connectivity index (χ2n) is 4.48. The van der Waals surface area contributed by atoms with Crippen molar-refractivity contribution in [1.29, 1.82) is 5.26 Å². The van der Waals surface area contributed by atoms with Gasteiger partial charge < -0.3 is 10.1 Å². The number of hydrogen-bond donors (Lipinski definition) is 1. The van der Waals surface area contributed by atoms with E-state index in [1.54, 1.807) is 7.11 Å². The van der Waals surface area contributed by atoms with Gasteiger partial charge in [-0.1, -0.05) is 0 Å². The highest BCUT2D eigenvalue weighted by atomic mass is 16.5. The van der Waals surface area contributed by atoms with E-state index < -0.39 is 0 Å². The maximum Gasteiger partial charge on any atom is 0.135 e. The Morgan fingerprint density at radius 2 is 2.13 bits per heavy atom. The summed E-state index contributed by atoms with van der Waals surface area (Å²) >= 11 is 0. The minimum absolute atomic E-state index is 0.350. The van der Waals surface area contributed by atoms with Gasteiger partial charge >= 0.3 is 0 Å². The van der Waals surface area contributed by atoms with Gasteiger partial charge in [0.2, 0.25) is 0 Å². The molecule has 1 N–H and O–H groups in total. The molecule has 2 aliphatic rings. The SMILES string of the molecule is COCC(C#N)(C1CC1)N1CCNCC1. The van der Waals surface area contributed by atoms with E-state index >= 15 is 0 Å². The van der Waals surface area contributed by atoms with E-state index in [0.717, 1.165) is 26.2 Å². The Morgan fingerprint density at radius 1 is 1.47 bits per heavy atom. The van der Waals surface area contributed by atoms with E-state index in [0.29, 0.717) is 12.5 Å². The number of nitrogens with zero attached hydrogens (tertiary/aromatic N) is 2. The molecule has 1 unspecified atom stereocenters. The topological polar surface area (TPSA) is 48.3 Å². The molecule has 4 heteroatoms. The molecule has 1 aliphatic heterocycles. The van der Waals surface area contributed by atoms with E-state index in [2.05, 4.69) is 16.3 Å². The van der Waals surface area contributed by atoms with Crippen molar-refractivity contribution in [2.24, 2.45) is 5.92 Å². The Labute approximate surface area is 91.2 Å². The lowest BCUT2D eigenvalue weighted by atomic mass is 9.93. The van der Waals surface area contributed by atoms with Crippen LogP contribution in [0.15, 0.2) is 0 Å². The first-order valence-electron chi connectivity index (χ1n) is 5.69. The van der Waals surface area contributed by atoms with Gasteiger partial charge in [-0.15, -0.1) is 0 Å². The summed E-state index contributed by atoms with van der Waals surface area (Å²) in [6.07, 6.45) is 2.36. The Kier molecular flexibility index (Phi) is 3.25. The Bertz CT molecular complexity index is 253. The zero-order chi connectivity index (χ0) is 10.7. The Hall–Kier alpha value is -0.630. The molecule has 0 spiro atoms. The molecule has 2 fully saturated rings. The predicted octanol–water partition coefficient (Wildman–Crippen LogP) is 0.210. The third-order valence-electron chi connectivity index (χ3n) is 3.49. The van der Waals surface area contributed by atoms with Crippen LogP contribution >= 0.6 is 0 Å². The van der Waals surface area contributed by atoms with Crippen LogP contribution in [0.1, 0.15) is 12.8 Å². The van der Waals surface area contributed by atoms with Crippen molar-refractivity contribution in [3.8, 4) is 6.07 Å². The molecule has 2 rings (SSSR count). The first kappa shape index (κ1) is 10.9. The Balaban J connectivity index is 2.11. The van der Waals surface area contributed by atoms with E-state index in [4.69, 9.17) is 4.74 Å². The number of hydrogen-bond acceptors (Lipinski definition) is 4. The Morgan fingerprint density at radius 3 is 2.60 bits per heavy atom. The highest BCUT2D eigenvalue weighted by Crippen LogP contribution is 2.43. The summed E-state index contributed by atoms with van der Waals surface area (Å²) < 4.78 is 5.27. The minimum Gasteiger partial charge on any atom is -0.382 e. The van der Waals surface area contributed by atoms with Crippen molar-refractivity contribution in [2.75, 3.05) is 39.9 Å². The molecule has 0 aromatic rings. The molecule has 0 aromatic heterocycles. The lowest BCUT2D eigenvalue weighted by Crippen LogP contribution is -2.59. The summed E-state index contributed by atoms with van der Waals surface area (Å²) in [5, 5.41) is 12.8. The van der Waals surface area contributed by atoms with Crippen LogP contribution in [0.3, 0.4) is 0 Å². The monoisotopic (exact) mass is 209 g/mol. The molecular weight excluding hydrogens is 190 g/mol. The summed E-state index contributed by atoms with van der Waals surface area (Å²) in [6.45, 7) is 4.45. The predicted molar refractivity (Wildman–Crippen MR) is 57.4 cm³/mol. The molecule has 0 aromatic carbocycles. The second kappa shape index (κ2) is 4.48. The van der Waals surface area contributed by atoms with E-state index in [1.165, 1.54) is 12.8 Å². The fraction of sp³-hybridized carbons (Fsp3) is 0.909. The van der Waals surface area contributed by atoms with Gasteiger partial charge in [-0.3, -0.25) is 4.90 Å². The van der Waals surface area contributed by atoms with Crippen LogP contribution < -0.4 is 5.32 Å². The lowest BCUT2D eigenvalue weighted by Gasteiger charge is -2.41. The fourth-order valence-corrected chi connectivity index (χ4v) is 2.51. The summed E-state index contributed by atoms with van der Waals surface area (Å²) in [7, 11) is 1.69. The van der Waals surface area contributed by atoms with Crippen molar-refractivity contribution in [2.45, 2.75) is 18.4 Å². The summed E-state index contributed by atoms with van der Waals surface area (Å²) in [5.74, 6) is 0.528. The molecule has 1 aliphatic carbocycles. The minimum atomic E-state index is -0.350. The molecule has 0 amide bonds. The molecule has 1 saturated carbocycles. The van der Waals surface area contributed by atoms with Crippen LogP contribution in [0.25, 0.3) is 0 Å². The maximum atomic E-state index is 9.48. The zero-order valence-electron chi connectivity index (χ0n) is 9.33. The van der Waals surface area contributed by atoms with E-state index in [1.807, 2.05) is 0 Å². The van der Waals surface area contributed by atoms with Gasteiger partial charge in [-0.05, 0) is 18.8 Å². The van der Waals surface area contributed by atoms with Crippen molar-refractivity contribution >= 4 is 0 Å². The first-order valence-corrected chi connectivity index (χ1v) is 5.69. The molecular formula is C11H19N3O. The van der Waals surface area contributed by atoms with Crippen LogP contribution in [0.2, 0.25) is 0 Å². The first-order chi connectivity index (χ1) is 7.33. The molecule has 0 radical (unpaired) electrons. The van der Waals surface area contributed by atoms with Gasteiger partial charge in [-0.2, -0.15) is 5.26 Å². The third kappa shape index (κ3) is 2.00. The van der Waals surface area contributed by atoms with Crippen LogP contribution in [-0.2, 0) is 4.74 Å². The van der Waals surface area contributed by atoms with Crippen molar-refractivity contribution < 1.29 is 4.74 Å². The third-order valence-corrected chi connectivity index (χ3v) is 3.49. The van der Waals surface area contributed by atoms with E-state index in [9.17, 15) is 5.26 Å². The second-order valence-corrected chi connectivity index (χ2v) is 4.48. The van der Waals surface area contributed by atoms with Crippen molar-refractivity contribution in [3.63, 3.8) is 0 Å². The van der Waals surface area contributed by atoms with Crippen molar-refractivity contribution in [3.05, 3.63) is 0 Å². The number of piperazine rings is 1. The average Bonchev–Trinajstić information content (AvgIpc) is 3.11. The normalized spacial score (nSPS) is 26.9. The number of ether oxygens (including phenoxy) is 1. The van der Waals surface area contributed by atoms with Gasteiger partial charge in [0, 0.05) is 33.3 Å². The average molecular weight is 209 g/mol. The molecule has 1 atom stereocenters. The lowest BCUT2D eigenvalue weighted by molar-refractivity contribution is 0.0243. The number of nitriles is 1. The molecule has 1 saturated heterocycles. The van der Waals surface area contributed by atoms with Crippen molar-refractivity contribution in [1.82, 2.24) is 10.2 Å². The molecule has 15 heavy (non-hydrogen) atoms. The number of methoxy groups -OCH3 is 1. The van der Waals surface area contributed by atoms with Gasteiger partial charge in [0.1, 0.15) is 5.54 Å². The van der Waals surface area contributed by atoms with Gasteiger partial charge in [-0.25, -0.2) is 0 Å². The maximum absolute atomic E-state index is 9.48. The quantitative estimate of drug-likeness (QED) is 0.719. The van der Waals surface area contributed by atoms with Crippen LogP contribution in [0.5, 0.6) is 0 Å². The molecule has 84 valence electrons. The summed E-state index contributed by atoms with van der Waals surface area (Å²) in [4.78, 5) is 2.31. The molecule has 4 nitrogen and oxygen atoms in total. The smallest absolute Gasteiger partial charge is 0.135 e. The van der Waals surface area contributed by atoms with Crippen LogP contribution in [0.4, 0.5) is 0 Å². The highest BCUT2D eigenvalue weighted by Gasteiger charge is 2.50. The van der Waals surface area contributed by atoms with E-state index in [-0.39, 0.29) is 5.54 Å². The number of nitrogens with one attached hydrogen (secondary N) is 1. The van der Waals surface area contributed by atoms with Crippen LogP contribution in [0, 0.1) is 17.2 Å². The fourth-order valence-electron chi connectivity index (χ4n) is 2.51. The molecule has 0 bridgehead atoms. The standard InChI is InChI=1S/C11H19N3O/c1-15-9-11(8-12,10-2-3-10)14-6-4-13-5-7-14/h10,13H,2-7,9H2,1H3. The van der Waals surface area contributed by atoms with Crippen LogP contribution in [-0.4, -0.2) is 50.3 Å². The summed E-state index contributed by atoms with van der Waals surface area (Å²) in [6, 6.07) is 2.52. The number of rotatable bonds is 4. The summed E-state index contributed by atoms with van der Waals surface area (Å²) in [5.41, 5.74) is -0.350. The largest absolute Gasteiger partial charge is 0.382 e.